The largest absolute Gasteiger partial charge is 0.336 e. The summed E-state index contributed by atoms with van der Waals surface area (Å²) in [5.41, 5.74) is 2.65. The summed E-state index contributed by atoms with van der Waals surface area (Å²) in [7, 11) is 0. The fourth-order valence-electron chi connectivity index (χ4n) is 1.90. The Morgan fingerprint density at radius 1 is 1.33 bits per heavy atom. The summed E-state index contributed by atoms with van der Waals surface area (Å²) in [4.78, 5) is 17.6. The van der Waals surface area contributed by atoms with E-state index in [9.17, 15) is 4.79 Å². The van der Waals surface area contributed by atoms with Gasteiger partial charge in [-0.1, -0.05) is 35.0 Å². The van der Waals surface area contributed by atoms with Crippen LogP contribution in [-0.2, 0) is 12.8 Å². The molecule has 0 spiro atoms. The van der Waals surface area contributed by atoms with Gasteiger partial charge in [0.1, 0.15) is 0 Å². The van der Waals surface area contributed by atoms with Gasteiger partial charge < -0.3 is 4.98 Å². The molecule has 0 amide bonds. The highest BCUT2D eigenvalue weighted by molar-refractivity contribution is 9.10. The lowest BCUT2D eigenvalue weighted by Gasteiger charge is -2.07. The molecule has 3 nitrogen and oxygen atoms in total. The first kappa shape index (κ1) is 13.2. The molecular weight excluding hydrogens is 312 g/mol. The van der Waals surface area contributed by atoms with Crippen LogP contribution in [0.3, 0.4) is 0 Å². The minimum absolute atomic E-state index is 0.101. The van der Waals surface area contributed by atoms with Crippen molar-refractivity contribution in [1.82, 2.24) is 9.97 Å². The van der Waals surface area contributed by atoms with Gasteiger partial charge in [-0.3, -0.25) is 9.78 Å². The number of halogens is 1. The standard InChI is InChI=1S/C13H13BrN2OS/c1-2-11-10(12(17)16-13(18)15-11)7-8-4-3-5-9(14)6-8/h3-6H,2,7H2,1H3,(H2,15,16,17,18). The minimum Gasteiger partial charge on any atom is -0.336 e. The third-order valence-corrected chi connectivity index (χ3v) is 3.45. The molecular formula is C13H13BrN2OS. The first-order valence-electron chi connectivity index (χ1n) is 5.69. The quantitative estimate of drug-likeness (QED) is 0.850. The maximum Gasteiger partial charge on any atom is 0.255 e. The normalized spacial score (nSPS) is 10.6. The van der Waals surface area contributed by atoms with Crippen LogP contribution in [0.15, 0.2) is 33.5 Å². The molecule has 94 valence electrons. The Morgan fingerprint density at radius 2 is 2.11 bits per heavy atom. The first-order valence-corrected chi connectivity index (χ1v) is 6.89. The zero-order valence-electron chi connectivity index (χ0n) is 9.92. The highest BCUT2D eigenvalue weighted by atomic mass is 79.9. The molecule has 0 bridgehead atoms. The van der Waals surface area contributed by atoms with E-state index in [0.717, 1.165) is 27.7 Å². The topological polar surface area (TPSA) is 48.6 Å². The number of benzene rings is 1. The Bertz CT molecular complexity index is 675. The van der Waals surface area contributed by atoms with Gasteiger partial charge in [0.15, 0.2) is 4.77 Å². The maximum atomic E-state index is 12.0. The highest BCUT2D eigenvalue weighted by Crippen LogP contribution is 2.15. The van der Waals surface area contributed by atoms with Crippen molar-refractivity contribution in [2.24, 2.45) is 0 Å². The van der Waals surface area contributed by atoms with Crippen molar-refractivity contribution >= 4 is 28.1 Å². The van der Waals surface area contributed by atoms with Gasteiger partial charge in [-0.2, -0.15) is 0 Å². The third-order valence-electron chi connectivity index (χ3n) is 2.75. The zero-order valence-corrected chi connectivity index (χ0v) is 12.3. The molecule has 5 heteroatoms. The van der Waals surface area contributed by atoms with Crippen LogP contribution >= 0.6 is 28.1 Å². The Labute approximate surface area is 118 Å². The van der Waals surface area contributed by atoms with Gasteiger partial charge in [-0.25, -0.2) is 0 Å². The summed E-state index contributed by atoms with van der Waals surface area (Å²) < 4.78 is 1.40. The predicted molar refractivity (Wildman–Crippen MR) is 78.6 cm³/mol. The van der Waals surface area contributed by atoms with Crippen LogP contribution in [0.2, 0.25) is 0 Å². The Balaban J connectivity index is 2.46. The molecule has 2 N–H and O–H groups in total. The van der Waals surface area contributed by atoms with Crippen molar-refractivity contribution < 1.29 is 0 Å². The number of hydrogen-bond acceptors (Lipinski definition) is 2. The SMILES string of the molecule is CCc1[nH]c(=S)[nH]c(=O)c1Cc1cccc(Br)c1. The molecule has 0 saturated heterocycles. The second-order valence-corrected chi connectivity index (χ2v) is 5.35. The van der Waals surface area contributed by atoms with E-state index >= 15 is 0 Å². The highest BCUT2D eigenvalue weighted by Gasteiger charge is 2.08. The van der Waals surface area contributed by atoms with Crippen molar-refractivity contribution in [3.05, 3.63) is 60.7 Å². The van der Waals surface area contributed by atoms with Crippen LogP contribution in [-0.4, -0.2) is 9.97 Å². The lowest BCUT2D eigenvalue weighted by atomic mass is 10.0. The molecule has 0 unspecified atom stereocenters. The average molecular weight is 325 g/mol. The van der Waals surface area contributed by atoms with E-state index in [-0.39, 0.29) is 5.56 Å². The van der Waals surface area contributed by atoms with Gasteiger partial charge in [-0.15, -0.1) is 0 Å². The summed E-state index contributed by atoms with van der Waals surface area (Å²) in [6.07, 6.45) is 1.36. The molecule has 1 aromatic heterocycles. The van der Waals surface area contributed by atoms with E-state index in [4.69, 9.17) is 12.2 Å². The summed E-state index contributed by atoms with van der Waals surface area (Å²) in [6.45, 7) is 2.00. The first-order chi connectivity index (χ1) is 8.60. The van der Waals surface area contributed by atoms with E-state index in [0.29, 0.717) is 11.2 Å². The summed E-state index contributed by atoms with van der Waals surface area (Å²) in [5, 5.41) is 0. The lowest BCUT2D eigenvalue weighted by molar-refractivity contribution is 0.907. The van der Waals surface area contributed by atoms with E-state index in [1.165, 1.54) is 0 Å². The Morgan fingerprint density at radius 3 is 2.78 bits per heavy atom. The van der Waals surface area contributed by atoms with Crippen molar-refractivity contribution in [2.75, 3.05) is 0 Å². The number of aryl methyl sites for hydroxylation is 1. The molecule has 0 fully saturated rings. The van der Waals surface area contributed by atoms with Crippen LogP contribution in [0.25, 0.3) is 0 Å². The molecule has 2 rings (SSSR count). The molecule has 1 heterocycles. The van der Waals surface area contributed by atoms with Crippen molar-refractivity contribution in [2.45, 2.75) is 19.8 Å². The van der Waals surface area contributed by atoms with E-state index in [1.54, 1.807) is 0 Å². The Kier molecular flexibility index (Phi) is 4.14. The van der Waals surface area contributed by atoms with Crippen LogP contribution < -0.4 is 5.56 Å². The number of hydrogen-bond donors (Lipinski definition) is 2. The number of H-pyrrole nitrogens is 2. The smallest absolute Gasteiger partial charge is 0.255 e. The molecule has 2 aromatic rings. The number of rotatable bonds is 3. The third kappa shape index (κ3) is 2.97. The monoisotopic (exact) mass is 324 g/mol. The molecule has 0 aliphatic carbocycles. The maximum absolute atomic E-state index is 12.0. The fourth-order valence-corrected chi connectivity index (χ4v) is 2.56. The average Bonchev–Trinajstić information content (AvgIpc) is 2.32. The van der Waals surface area contributed by atoms with E-state index in [2.05, 4.69) is 25.9 Å². The molecule has 18 heavy (non-hydrogen) atoms. The molecule has 0 radical (unpaired) electrons. The van der Waals surface area contributed by atoms with Gasteiger partial charge in [0.25, 0.3) is 5.56 Å². The zero-order chi connectivity index (χ0) is 13.1. The number of aromatic nitrogens is 2. The van der Waals surface area contributed by atoms with Crippen molar-refractivity contribution in [3.63, 3.8) is 0 Å². The van der Waals surface area contributed by atoms with Gasteiger partial charge >= 0.3 is 0 Å². The number of nitrogens with one attached hydrogen (secondary N) is 2. The van der Waals surface area contributed by atoms with E-state index < -0.39 is 0 Å². The second kappa shape index (κ2) is 5.63. The molecule has 1 aromatic carbocycles. The fraction of sp³-hybridized carbons (Fsp3) is 0.231. The Hall–Kier alpha value is -1.20. The summed E-state index contributed by atoms with van der Waals surface area (Å²) in [5.74, 6) is 0. The van der Waals surface area contributed by atoms with Gasteiger partial charge in [0, 0.05) is 22.2 Å². The number of aromatic amines is 2. The van der Waals surface area contributed by atoms with Gasteiger partial charge in [-0.05, 0) is 36.3 Å². The van der Waals surface area contributed by atoms with Crippen molar-refractivity contribution in [3.8, 4) is 0 Å². The van der Waals surface area contributed by atoms with Crippen LogP contribution in [0.4, 0.5) is 0 Å². The second-order valence-electron chi connectivity index (χ2n) is 4.03. The van der Waals surface area contributed by atoms with Crippen LogP contribution in [0, 0.1) is 4.77 Å². The predicted octanol–water partition coefficient (Wildman–Crippen LogP) is 3.35. The minimum atomic E-state index is -0.101. The van der Waals surface area contributed by atoms with Gasteiger partial charge in [0.05, 0.1) is 0 Å². The lowest BCUT2D eigenvalue weighted by Crippen LogP contribution is -2.18. The molecule has 0 aliphatic heterocycles. The van der Waals surface area contributed by atoms with Gasteiger partial charge in [0.2, 0.25) is 0 Å². The summed E-state index contributed by atoms with van der Waals surface area (Å²) >= 11 is 8.41. The van der Waals surface area contributed by atoms with Crippen LogP contribution in [0.5, 0.6) is 0 Å². The van der Waals surface area contributed by atoms with Crippen molar-refractivity contribution in [1.29, 1.82) is 0 Å². The molecule has 0 saturated carbocycles. The van der Waals surface area contributed by atoms with Crippen LogP contribution in [0.1, 0.15) is 23.7 Å². The molecule has 0 atom stereocenters. The molecule has 0 aliphatic rings. The summed E-state index contributed by atoms with van der Waals surface area (Å²) in [6, 6.07) is 7.95. The van der Waals surface area contributed by atoms with E-state index in [1.807, 2.05) is 31.2 Å².